The van der Waals surface area contributed by atoms with E-state index in [1.807, 2.05) is 0 Å². The van der Waals surface area contributed by atoms with E-state index in [-0.39, 0.29) is 5.56 Å². The van der Waals surface area contributed by atoms with E-state index >= 15 is 0 Å². The second kappa shape index (κ2) is 5.70. The van der Waals surface area contributed by atoms with Crippen LogP contribution in [0.25, 0.3) is 0 Å². The molecule has 2 N–H and O–H groups in total. The first-order valence-corrected chi connectivity index (χ1v) is 5.99. The fraction of sp³-hybridized carbons (Fsp3) is 0.0667. The first kappa shape index (κ1) is 14.6. The molecule has 0 unspecified atom stereocenters. The molecule has 0 aliphatic carbocycles. The predicted molar refractivity (Wildman–Crippen MR) is 72.4 cm³/mol. The van der Waals surface area contributed by atoms with Crippen LogP contribution in [0.15, 0.2) is 36.4 Å². The Morgan fingerprint density at radius 2 is 1.86 bits per heavy atom. The average Bonchev–Trinajstić information content (AvgIpc) is 2.43. The highest BCUT2D eigenvalue weighted by atomic mass is 19.2. The van der Waals surface area contributed by atoms with E-state index in [2.05, 4.69) is 5.32 Å². The van der Waals surface area contributed by atoms with Gasteiger partial charge in [0.05, 0.1) is 11.1 Å². The number of nitrogens with one attached hydrogen (secondary N) is 1. The zero-order chi connectivity index (χ0) is 15.6. The Hall–Kier alpha value is -2.76. The second-order valence-corrected chi connectivity index (χ2v) is 4.39. The lowest BCUT2D eigenvalue weighted by Crippen LogP contribution is -2.15. The highest BCUT2D eigenvalue weighted by Crippen LogP contribution is 2.19. The summed E-state index contributed by atoms with van der Waals surface area (Å²) in [6.07, 6.45) is 0. The van der Waals surface area contributed by atoms with Gasteiger partial charge in [-0.25, -0.2) is 13.6 Å². The van der Waals surface area contributed by atoms with Crippen molar-refractivity contribution in [1.82, 2.24) is 0 Å². The van der Waals surface area contributed by atoms with Gasteiger partial charge < -0.3 is 10.4 Å². The molecule has 108 valence electrons. The van der Waals surface area contributed by atoms with Crippen molar-refractivity contribution in [3.8, 4) is 0 Å². The van der Waals surface area contributed by atoms with Crippen LogP contribution in [0.3, 0.4) is 0 Å². The van der Waals surface area contributed by atoms with Crippen molar-refractivity contribution in [3.05, 3.63) is 64.7 Å². The van der Waals surface area contributed by atoms with E-state index < -0.39 is 29.1 Å². The molecular formula is C15H11F2NO3. The van der Waals surface area contributed by atoms with Crippen LogP contribution in [-0.4, -0.2) is 17.0 Å². The minimum Gasteiger partial charge on any atom is -0.478 e. The number of carboxylic acids is 1. The molecule has 0 saturated heterocycles. The van der Waals surface area contributed by atoms with Gasteiger partial charge in [0.2, 0.25) is 0 Å². The number of halogens is 2. The molecule has 1 amide bonds. The van der Waals surface area contributed by atoms with Crippen LogP contribution in [0.4, 0.5) is 14.5 Å². The number of carbonyl (C=O) groups is 2. The lowest BCUT2D eigenvalue weighted by atomic mass is 10.1. The minimum absolute atomic E-state index is 0.0717. The van der Waals surface area contributed by atoms with Crippen LogP contribution in [0.1, 0.15) is 26.3 Å². The fourth-order valence-electron chi connectivity index (χ4n) is 1.81. The van der Waals surface area contributed by atoms with Gasteiger partial charge in [-0.3, -0.25) is 4.79 Å². The van der Waals surface area contributed by atoms with Gasteiger partial charge in [0, 0.05) is 5.69 Å². The van der Waals surface area contributed by atoms with E-state index in [0.717, 1.165) is 12.1 Å². The molecule has 0 aliphatic heterocycles. The van der Waals surface area contributed by atoms with Gasteiger partial charge in [-0.15, -0.1) is 0 Å². The molecule has 0 aromatic heterocycles. The van der Waals surface area contributed by atoms with Crippen LogP contribution in [-0.2, 0) is 0 Å². The predicted octanol–water partition coefficient (Wildman–Crippen LogP) is 3.22. The number of hydrogen-bond acceptors (Lipinski definition) is 2. The lowest BCUT2D eigenvalue weighted by molar-refractivity contribution is 0.0696. The largest absolute Gasteiger partial charge is 0.478 e. The first-order valence-electron chi connectivity index (χ1n) is 5.99. The summed E-state index contributed by atoms with van der Waals surface area (Å²) in [6.45, 7) is 1.60. The number of aryl methyl sites for hydroxylation is 1. The van der Waals surface area contributed by atoms with Crippen molar-refractivity contribution >= 4 is 17.6 Å². The number of rotatable bonds is 3. The Kier molecular flexibility index (Phi) is 3.98. The maximum Gasteiger partial charge on any atom is 0.335 e. The molecule has 2 aromatic carbocycles. The number of anilines is 1. The normalized spacial score (nSPS) is 10.2. The number of carboxylic acid groups (broad SMARTS) is 1. The third-order valence-corrected chi connectivity index (χ3v) is 2.92. The number of hydrogen-bond donors (Lipinski definition) is 2. The van der Waals surface area contributed by atoms with Crippen molar-refractivity contribution in [2.24, 2.45) is 0 Å². The van der Waals surface area contributed by atoms with Crippen molar-refractivity contribution in [3.63, 3.8) is 0 Å². The van der Waals surface area contributed by atoms with Crippen LogP contribution < -0.4 is 5.32 Å². The molecule has 4 nitrogen and oxygen atoms in total. The first-order chi connectivity index (χ1) is 9.90. The summed E-state index contributed by atoms with van der Waals surface area (Å²) >= 11 is 0. The number of carbonyl (C=O) groups excluding carboxylic acids is 1. The Labute approximate surface area is 119 Å². The van der Waals surface area contributed by atoms with Crippen LogP contribution in [0, 0.1) is 18.6 Å². The van der Waals surface area contributed by atoms with Gasteiger partial charge in [-0.05, 0) is 42.8 Å². The van der Waals surface area contributed by atoms with Gasteiger partial charge in [0.1, 0.15) is 0 Å². The van der Waals surface area contributed by atoms with Crippen LogP contribution in [0.5, 0.6) is 0 Å². The third kappa shape index (κ3) is 3.05. The summed E-state index contributed by atoms with van der Waals surface area (Å²) in [5, 5.41) is 11.3. The molecule has 2 aromatic rings. The third-order valence-electron chi connectivity index (χ3n) is 2.92. The quantitative estimate of drug-likeness (QED) is 0.912. The van der Waals surface area contributed by atoms with E-state index in [1.54, 1.807) is 6.92 Å². The van der Waals surface area contributed by atoms with Crippen LogP contribution in [0.2, 0.25) is 0 Å². The standard InChI is InChI=1S/C15H11F2NO3/c1-8-7-9(15(20)21)5-6-12(8)18-14(19)10-3-2-4-11(16)13(10)17/h2-7H,1H3,(H,18,19)(H,20,21). The lowest BCUT2D eigenvalue weighted by Gasteiger charge is -2.10. The van der Waals surface area contributed by atoms with Gasteiger partial charge in [0.25, 0.3) is 5.91 Å². The molecular weight excluding hydrogens is 280 g/mol. The monoisotopic (exact) mass is 291 g/mol. The molecule has 0 aliphatic rings. The molecule has 2 rings (SSSR count). The molecule has 0 heterocycles. The Balaban J connectivity index is 2.28. The fourth-order valence-corrected chi connectivity index (χ4v) is 1.81. The highest BCUT2D eigenvalue weighted by Gasteiger charge is 2.16. The molecule has 0 spiro atoms. The molecule has 0 radical (unpaired) electrons. The molecule has 0 atom stereocenters. The van der Waals surface area contributed by atoms with Gasteiger partial charge >= 0.3 is 5.97 Å². The zero-order valence-corrected chi connectivity index (χ0v) is 11.0. The highest BCUT2D eigenvalue weighted by molar-refractivity contribution is 6.05. The number of aromatic carboxylic acids is 1. The topological polar surface area (TPSA) is 66.4 Å². The maximum absolute atomic E-state index is 13.5. The molecule has 6 heteroatoms. The SMILES string of the molecule is Cc1cc(C(=O)O)ccc1NC(=O)c1cccc(F)c1F. The molecule has 0 fully saturated rings. The van der Waals surface area contributed by atoms with E-state index in [9.17, 15) is 18.4 Å². The van der Waals surface area contributed by atoms with Gasteiger partial charge in [-0.1, -0.05) is 6.07 Å². The summed E-state index contributed by atoms with van der Waals surface area (Å²) in [4.78, 5) is 22.7. The minimum atomic E-state index is -1.23. The maximum atomic E-state index is 13.5. The average molecular weight is 291 g/mol. The van der Waals surface area contributed by atoms with E-state index in [4.69, 9.17) is 5.11 Å². The van der Waals surface area contributed by atoms with Crippen molar-refractivity contribution in [1.29, 1.82) is 0 Å². The van der Waals surface area contributed by atoms with E-state index in [1.165, 1.54) is 24.3 Å². The van der Waals surface area contributed by atoms with E-state index in [0.29, 0.717) is 11.3 Å². The van der Waals surface area contributed by atoms with Crippen molar-refractivity contribution in [2.75, 3.05) is 5.32 Å². The van der Waals surface area contributed by atoms with Gasteiger partial charge in [-0.2, -0.15) is 0 Å². The summed E-state index contributed by atoms with van der Waals surface area (Å²) in [5.41, 5.74) is 0.480. The second-order valence-electron chi connectivity index (χ2n) is 4.39. The van der Waals surface area contributed by atoms with Crippen molar-refractivity contribution in [2.45, 2.75) is 6.92 Å². The summed E-state index contributed by atoms with van der Waals surface area (Å²) in [5.74, 6) is -4.24. The Morgan fingerprint density at radius 1 is 1.14 bits per heavy atom. The van der Waals surface area contributed by atoms with Crippen molar-refractivity contribution < 1.29 is 23.5 Å². The zero-order valence-electron chi connectivity index (χ0n) is 11.0. The van der Waals surface area contributed by atoms with Gasteiger partial charge in [0.15, 0.2) is 11.6 Å². The number of amides is 1. The molecule has 21 heavy (non-hydrogen) atoms. The number of benzene rings is 2. The summed E-state index contributed by atoms with van der Waals surface area (Å²) in [7, 11) is 0. The Bertz CT molecular complexity index is 729. The summed E-state index contributed by atoms with van der Waals surface area (Å²) < 4.78 is 26.6. The smallest absolute Gasteiger partial charge is 0.335 e. The Morgan fingerprint density at radius 3 is 2.48 bits per heavy atom. The molecule has 0 saturated carbocycles. The molecule has 0 bridgehead atoms. The van der Waals surface area contributed by atoms with Crippen LogP contribution >= 0.6 is 0 Å². The summed E-state index contributed by atoms with van der Waals surface area (Å²) in [6, 6.07) is 7.39.